The van der Waals surface area contributed by atoms with Crippen LogP contribution in [-0.2, 0) is 16.4 Å². The van der Waals surface area contributed by atoms with E-state index in [4.69, 9.17) is 0 Å². The SMILES string of the molecule is Cc1ncnc(C)c1C(=O)N1CCC(C)(N2CCN([C@@H](Cc3ccccc3)C3CN(S(=O)(=O)c4ccccc4)C3)C(C)C2)CC1. The van der Waals surface area contributed by atoms with Crippen LogP contribution >= 0.6 is 0 Å². The van der Waals surface area contributed by atoms with Crippen LogP contribution in [0.3, 0.4) is 0 Å². The first-order valence-electron chi connectivity index (χ1n) is 16.2. The fourth-order valence-electron chi connectivity index (χ4n) is 7.58. The molecule has 2 atom stereocenters. The molecule has 3 aliphatic heterocycles. The number of likely N-dealkylation sites (tertiary alicyclic amines) is 1. The van der Waals surface area contributed by atoms with Gasteiger partial charge < -0.3 is 4.90 Å². The first-order chi connectivity index (χ1) is 21.6. The van der Waals surface area contributed by atoms with Crippen LogP contribution in [0.1, 0.15) is 54.0 Å². The van der Waals surface area contributed by atoms with Crippen molar-refractivity contribution in [1.82, 2.24) is 29.0 Å². The minimum Gasteiger partial charge on any atom is -0.338 e. The van der Waals surface area contributed by atoms with Crippen LogP contribution in [0.15, 0.2) is 71.9 Å². The molecule has 0 bridgehead atoms. The van der Waals surface area contributed by atoms with Crippen LogP contribution in [0.2, 0.25) is 0 Å². The monoisotopic (exact) mass is 630 g/mol. The Hall–Kier alpha value is -3.18. The Morgan fingerprint density at radius 1 is 0.889 bits per heavy atom. The van der Waals surface area contributed by atoms with Gasteiger partial charge in [0.25, 0.3) is 5.91 Å². The van der Waals surface area contributed by atoms with Gasteiger partial charge in [0, 0.05) is 69.4 Å². The van der Waals surface area contributed by atoms with Gasteiger partial charge in [-0.2, -0.15) is 4.31 Å². The number of benzene rings is 2. The predicted molar refractivity (Wildman–Crippen MR) is 175 cm³/mol. The lowest BCUT2D eigenvalue weighted by molar-refractivity contribution is -0.0479. The molecule has 3 aliphatic rings. The molecular formula is C35H46N6O3S. The maximum atomic E-state index is 13.4. The smallest absolute Gasteiger partial charge is 0.257 e. The van der Waals surface area contributed by atoms with Gasteiger partial charge >= 0.3 is 0 Å². The van der Waals surface area contributed by atoms with E-state index in [9.17, 15) is 13.2 Å². The largest absolute Gasteiger partial charge is 0.338 e. The van der Waals surface area contributed by atoms with E-state index in [1.54, 1.807) is 28.6 Å². The molecule has 240 valence electrons. The highest BCUT2D eigenvalue weighted by Crippen LogP contribution is 2.35. The number of hydrogen-bond acceptors (Lipinski definition) is 7. The number of hydrogen-bond donors (Lipinski definition) is 0. The van der Waals surface area contributed by atoms with E-state index in [-0.39, 0.29) is 23.4 Å². The fourth-order valence-corrected chi connectivity index (χ4v) is 9.16. The highest BCUT2D eigenvalue weighted by Gasteiger charge is 2.46. The third-order valence-electron chi connectivity index (χ3n) is 10.5. The number of nitrogens with zero attached hydrogens (tertiary/aromatic N) is 6. The van der Waals surface area contributed by atoms with E-state index in [1.807, 2.05) is 30.9 Å². The number of sulfonamides is 1. The van der Waals surface area contributed by atoms with Crippen molar-refractivity contribution in [3.63, 3.8) is 0 Å². The molecule has 3 saturated heterocycles. The van der Waals surface area contributed by atoms with E-state index >= 15 is 0 Å². The summed E-state index contributed by atoms with van der Waals surface area (Å²) in [5.41, 5.74) is 3.44. The molecule has 1 amide bonds. The Labute approximate surface area is 268 Å². The zero-order valence-corrected chi connectivity index (χ0v) is 27.8. The standard InChI is InChI=1S/C35H46N6O3S/c1-26-22-39(35(4)15-17-38(18-16-35)34(42)33-27(2)36-25-37-28(33)3)19-20-41(26)32(21-29-11-7-5-8-12-29)30-23-40(24-30)45(43,44)31-13-9-6-10-14-31/h5-14,25-26,30,32H,15-24H2,1-4H3/t26?,32-/m0/s1. The van der Waals surface area contributed by atoms with Crippen molar-refractivity contribution in [2.75, 3.05) is 45.8 Å². The molecule has 45 heavy (non-hydrogen) atoms. The number of aromatic nitrogens is 2. The van der Waals surface area contributed by atoms with Gasteiger partial charge in [-0.15, -0.1) is 0 Å². The van der Waals surface area contributed by atoms with E-state index in [2.05, 4.69) is 57.9 Å². The molecule has 4 heterocycles. The molecule has 0 saturated carbocycles. The Bertz CT molecular complexity index is 1570. The molecule has 0 N–H and O–H groups in total. The second-order valence-electron chi connectivity index (χ2n) is 13.4. The number of piperidine rings is 1. The molecule has 0 aliphatic carbocycles. The van der Waals surface area contributed by atoms with Crippen LogP contribution in [0.4, 0.5) is 0 Å². The summed E-state index contributed by atoms with van der Waals surface area (Å²) in [4.78, 5) is 29.6. The van der Waals surface area contributed by atoms with Crippen molar-refractivity contribution in [2.45, 2.75) is 69.5 Å². The van der Waals surface area contributed by atoms with E-state index in [1.165, 1.54) is 11.9 Å². The number of piperazine rings is 1. The Balaban J connectivity index is 1.11. The third kappa shape index (κ3) is 6.43. The molecule has 1 unspecified atom stereocenters. The Morgan fingerprint density at radius 2 is 1.49 bits per heavy atom. The molecule has 6 rings (SSSR count). The summed E-state index contributed by atoms with van der Waals surface area (Å²) in [5.74, 6) is 0.315. The third-order valence-corrected chi connectivity index (χ3v) is 12.4. The fraction of sp³-hybridized carbons (Fsp3) is 0.514. The Kier molecular flexibility index (Phi) is 9.12. The summed E-state index contributed by atoms with van der Waals surface area (Å²) in [7, 11) is -3.48. The molecule has 0 spiro atoms. The van der Waals surface area contributed by atoms with Crippen molar-refractivity contribution < 1.29 is 13.2 Å². The Morgan fingerprint density at radius 3 is 2.09 bits per heavy atom. The van der Waals surface area contributed by atoms with Crippen molar-refractivity contribution in [2.24, 2.45) is 5.92 Å². The quantitative estimate of drug-likeness (QED) is 0.372. The molecule has 2 aromatic carbocycles. The van der Waals surface area contributed by atoms with E-state index in [0.29, 0.717) is 29.6 Å². The highest BCUT2D eigenvalue weighted by molar-refractivity contribution is 7.89. The van der Waals surface area contributed by atoms with Gasteiger partial charge in [-0.1, -0.05) is 48.5 Å². The average Bonchev–Trinajstić information content (AvgIpc) is 3.01. The highest BCUT2D eigenvalue weighted by atomic mass is 32.2. The van der Waals surface area contributed by atoms with Crippen LogP contribution in [-0.4, -0.2) is 107 Å². The van der Waals surface area contributed by atoms with Gasteiger partial charge in [-0.25, -0.2) is 18.4 Å². The van der Waals surface area contributed by atoms with E-state index < -0.39 is 10.0 Å². The molecule has 10 heteroatoms. The average molecular weight is 631 g/mol. The molecule has 9 nitrogen and oxygen atoms in total. The van der Waals surface area contributed by atoms with Crippen LogP contribution in [0.5, 0.6) is 0 Å². The summed E-state index contributed by atoms with van der Waals surface area (Å²) in [6.07, 6.45) is 4.29. The number of rotatable bonds is 8. The lowest BCUT2D eigenvalue weighted by Crippen LogP contribution is -2.66. The molecule has 1 aromatic heterocycles. The first kappa shape index (κ1) is 31.8. The molecule has 3 aromatic rings. The van der Waals surface area contributed by atoms with Gasteiger partial charge in [-0.05, 0) is 64.7 Å². The predicted octanol–water partition coefficient (Wildman–Crippen LogP) is 4.03. The second kappa shape index (κ2) is 12.9. The lowest BCUT2D eigenvalue weighted by atomic mass is 9.84. The number of carbonyl (C=O) groups is 1. The van der Waals surface area contributed by atoms with Gasteiger partial charge in [0.05, 0.1) is 21.8 Å². The van der Waals surface area contributed by atoms with Crippen molar-refractivity contribution >= 4 is 15.9 Å². The minimum absolute atomic E-state index is 0.0281. The van der Waals surface area contributed by atoms with E-state index in [0.717, 1.165) is 63.4 Å². The van der Waals surface area contributed by atoms with Crippen LogP contribution < -0.4 is 0 Å². The maximum absolute atomic E-state index is 13.4. The topological polar surface area (TPSA) is 90.0 Å². The zero-order valence-electron chi connectivity index (χ0n) is 27.0. The van der Waals surface area contributed by atoms with Gasteiger partial charge in [0.1, 0.15) is 6.33 Å². The summed E-state index contributed by atoms with van der Waals surface area (Å²) in [6, 6.07) is 20.0. The molecule has 0 radical (unpaired) electrons. The number of carbonyl (C=O) groups excluding carboxylic acids is 1. The summed E-state index contributed by atoms with van der Waals surface area (Å²) in [5, 5.41) is 0. The van der Waals surface area contributed by atoms with Crippen molar-refractivity contribution in [1.29, 1.82) is 0 Å². The zero-order chi connectivity index (χ0) is 31.8. The molecule has 3 fully saturated rings. The molecular weight excluding hydrogens is 584 g/mol. The number of amides is 1. The summed E-state index contributed by atoms with van der Waals surface area (Å²) >= 11 is 0. The summed E-state index contributed by atoms with van der Waals surface area (Å²) in [6.45, 7) is 13.9. The lowest BCUT2D eigenvalue weighted by Gasteiger charge is -2.55. The van der Waals surface area contributed by atoms with Gasteiger partial charge in [0.15, 0.2) is 0 Å². The van der Waals surface area contributed by atoms with Crippen molar-refractivity contribution in [3.05, 3.63) is 89.5 Å². The van der Waals surface area contributed by atoms with Gasteiger partial charge in [-0.3, -0.25) is 14.6 Å². The normalized spacial score (nSPS) is 22.6. The van der Waals surface area contributed by atoms with Crippen LogP contribution in [0.25, 0.3) is 0 Å². The number of aryl methyl sites for hydroxylation is 2. The summed E-state index contributed by atoms with van der Waals surface area (Å²) < 4.78 is 28.2. The minimum atomic E-state index is -3.48. The van der Waals surface area contributed by atoms with Crippen molar-refractivity contribution in [3.8, 4) is 0 Å². The maximum Gasteiger partial charge on any atom is 0.257 e. The van der Waals surface area contributed by atoms with Gasteiger partial charge in [0.2, 0.25) is 10.0 Å². The van der Waals surface area contributed by atoms with Crippen LogP contribution in [0, 0.1) is 19.8 Å². The second-order valence-corrected chi connectivity index (χ2v) is 15.3. The first-order valence-corrected chi connectivity index (χ1v) is 17.7.